The molecule has 1 saturated heterocycles. The molecule has 0 radical (unpaired) electrons. The van der Waals surface area contributed by atoms with Gasteiger partial charge in [0, 0.05) is 19.2 Å². The number of anilines is 1. The van der Waals surface area contributed by atoms with Crippen molar-refractivity contribution in [2.75, 3.05) is 25.0 Å². The molecule has 16 heavy (non-hydrogen) atoms. The van der Waals surface area contributed by atoms with E-state index in [0.29, 0.717) is 5.92 Å². The quantitative estimate of drug-likeness (QED) is 0.821. The maximum atomic E-state index is 12.1. The molecule has 4 heteroatoms. The first kappa shape index (κ1) is 11.1. The molecule has 86 valence electrons. The van der Waals surface area contributed by atoms with Crippen molar-refractivity contribution in [3.8, 4) is 0 Å². The lowest BCUT2D eigenvalue weighted by Crippen LogP contribution is -2.50. The highest BCUT2D eigenvalue weighted by Crippen LogP contribution is 2.20. The number of hydrogen-bond acceptors (Lipinski definition) is 3. The summed E-state index contributed by atoms with van der Waals surface area (Å²) in [5.41, 5.74) is 0.853. The van der Waals surface area contributed by atoms with Gasteiger partial charge in [-0.25, -0.2) is 0 Å². The minimum absolute atomic E-state index is 0.0754. The summed E-state index contributed by atoms with van der Waals surface area (Å²) in [5, 5.41) is 3.19. The Morgan fingerprint density at radius 2 is 2.38 bits per heavy atom. The van der Waals surface area contributed by atoms with Crippen LogP contribution in [0.3, 0.4) is 0 Å². The van der Waals surface area contributed by atoms with Crippen molar-refractivity contribution in [1.29, 1.82) is 0 Å². The van der Waals surface area contributed by atoms with E-state index in [-0.39, 0.29) is 11.8 Å². The van der Waals surface area contributed by atoms with Gasteiger partial charge >= 0.3 is 0 Å². The van der Waals surface area contributed by atoms with Crippen LogP contribution in [0, 0.1) is 11.8 Å². The first-order chi connectivity index (χ1) is 7.70. The van der Waals surface area contributed by atoms with E-state index in [2.05, 4.69) is 10.3 Å². The van der Waals surface area contributed by atoms with Gasteiger partial charge in [-0.2, -0.15) is 0 Å². The summed E-state index contributed by atoms with van der Waals surface area (Å²) in [6.45, 7) is 3.91. The zero-order chi connectivity index (χ0) is 11.5. The maximum absolute atomic E-state index is 12.1. The Bertz CT molecular complexity index is 362. The van der Waals surface area contributed by atoms with Crippen molar-refractivity contribution < 1.29 is 4.79 Å². The Labute approximate surface area is 95.7 Å². The van der Waals surface area contributed by atoms with Gasteiger partial charge in [0.1, 0.15) is 0 Å². The summed E-state index contributed by atoms with van der Waals surface area (Å²) in [6.07, 6.45) is 3.42. The molecule has 1 N–H and O–H groups in total. The largest absolute Gasteiger partial charge is 0.316 e. The van der Waals surface area contributed by atoms with Gasteiger partial charge in [-0.05, 0) is 31.1 Å². The fraction of sp³-hybridized carbons (Fsp3) is 0.500. The predicted octanol–water partition coefficient (Wildman–Crippen LogP) is 0.900. The van der Waals surface area contributed by atoms with Crippen molar-refractivity contribution in [3.05, 3.63) is 24.5 Å². The SMILES string of the molecule is CC(C(=O)N(C)c1cccnc1)C1CNC1. The predicted molar refractivity (Wildman–Crippen MR) is 63.2 cm³/mol. The van der Waals surface area contributed by atoms with Gasteiger partial charge in [0.2, 0.25) is 5.91 Å². The van der Waals surface area contributed by atoms with Crippen LogP contribution in [0.5, 0.6) is 0 Å². The Morgan fingerprint density at radius 3 is 2.88 bits per heavy atom. The van der Waals surface area contributed by atoms with Crippen LogP contribution in [-0.4, -0.2) is 31.0 Å². The second-order valence-corrected chi connectivity index (χ2v) is 4.32. The van der Waals surface area contributed by atoms with E-state index in [1.165, 1.54) is 0 Å². The highest BCUT2D eigenvalue weighted by Gasteiger charge is 2.30. The molecule has 1 atom stereocenters. The second-order valence-electron chi connectivity index (χ2n) is 4.32. The molecule has 1 amide bonds. The Hall–Kier alpha value is -1.42. The van der Waals surface area contributed by atoms with Crippen LogP contribution >= 0.6 is 0 Å². The average Bonchev–Trinajstić information content (AvgIpc) is 2.26. The molecule has 1 aromatic rings. The minimum atomic E-state index is 0.0754. The highest BCUT2D eigenvalue weighted by atomic mass is 16.2. The van der Waals surface area contributed by atoms with Gasteiger partial charge in [-0.1, -0.05) is 6.92 Å². The number of aromatic nitrogens is 1. The lowest BCUT2D eigenvalue weighted by molar-refractivity contribution is -0.123. The van der Waals surface area contributed by atoms with Gasteiger partial charge in [0.15, 0.2) is 0 Å². The minimum Gasteiger partial charge on any atom is -0.316 e. The van der Waals surface area contributed by atoms with Crippen molar-refractivity contribution >= 4 is 11.6 Å². The molecular formula is C12H17N3O. The molecule has 1 aromatic heterocycles. The fourth-order valence-corrected chi connectivity index (χ4v) is 1.85. The number of carbonyl (C=O) groups is 1. The number of carbonyl (C=O) groups excluding carboxylic acids is 1. The van der Waals surface area contributed by atoms with E-state index in [1.807, 2.05) is 26.1 Å². The van der Waals surface area contributed by atoms with E-state index < -0.39 is 0 Å². The molecular weight excluding hydrogens is 202 g/mol. The number of hydrogen-bond donors (Lipinski definition) is 1. The zero-order valence-corrected chi connectivity index (χ0v) is 9.68. The van der Waals surface area contributed by atoms with Crippen LogP contribution < -0.4 is 10.2 Å². The van der Waals surface area contributed by atoms with Crippen LogP contribution in [0.25, 0.3) is 0 Å². The first-order valence-corrected chi connectivity index (χ1v) is 5.58. The normalized spacial score (nSPS) is 17.6. The summed E-state index contributed by atoms with van der Waals surface area (Å²) in [4.78, 5) is 17.9. The topological polar surface area (TPSA) is 45.2 Å². The first-order valence-electron chi connectivity index (χ1n) is 5.58. The lowest BCUT2D eigenvalue weighted by atomic mass is 9.88. The molecule has 0 aliphatic carbocycles. The van der Waals surface area contributed by atoms with Crippen LogP contribution in [0.15, 0.2) is 24.5 Å². The molecule has 0 bridgehead atoms. The number of pyridine rings is 1. The molecule has 2 rings (SSSR count). The summed E-state index contributed by atoms with van der Waals surface area (Å²) < 4.78 is 0. The molecule has 2 heterocycles. The molecule has 1 aliphatic rings. The van der Waals surface area contributed by atoms with Crippen molar-refractivity contribution in [1.82, 2.24) is 10.3 Å². The smallest absolute Gasteiger partial charge is 0.229 e. The molecule has 1 fully saturated rings. The third-order valence-electron chi connectivity index (χ3n) is 3.27. The number of nitrogens with zero attached hydrogens (tertiary/aromatic N) is 2. The monoisotopic (exact) mass is 219 g/mol. The Morgan fingerprint density at radius 1 is 1.62 bits per heavy atom. The number of nitrogens with one attached hydrogen (secondary N) is 1. The molecule has 0 aromatic carbocycles. The molecule has 1 aliphatic heterocycles. The Kier molecular flexibility index (Phi) is 3.19. The summed E-state index contributed by atoms with van der Waals surface area (Å²) in [6, 6.07) is 3.74. The number of amides is 1. The van der Waals surface area contributed by atoms with Crippen molar-refractivity contribution in [2.45, 2.75) is 6.92 Å². The van der Waals surface area contributed by atoms with E-state index >= 15 is 0 Å². The van der Waals surface area contributed by atoms with E-state index in [4.69, 9.17) is 0 Å². The fourth-order valence-electron chi connectivity index (χ4n) is 1.85. The molecule has 1 unspecified atom stereocenters. The van der Waals surface area contributed by atoms with Crippen LogP contribution in [0.2, 0.25) is 0 Å². The highest BCUT2D eigenvalue weighted by molar-refractivity contribution is 5.94. The van der Waals surface area contributed by atoms with E-state index in [9.17, 15) is 4.79 Å². The van der Waals surface area contributed by atoms with Crippen molar-refractivity contribution in [3.63, 3.8) is 0 Å². The van der Waals surface area contributed by atoms with Gasteiger partial charge in [-0.3, -0.25) is 9.78 Å². The van der Waals surface area contributed by atoms with Crippen LogP contribution in [-0.2, 0) is 4.79 Å². The third kappa shape index (κ3) is 2.07. The van der Waals surface area contributed by atoms with Gasteiger partial charge in [0.05, 0.1) is 11.9 Å². The maximum Gasteiger partial charge on any atom is 0.229 e. The van der Waals surface area contributed by atoms with E-state index in [1.54, 1.807) is 17.3 Å². The summed E-state index contributed by atoms with van der Waals surface area (Å²) in [7, 11) is 1.81. The standard InChI is InChI=1S/C12H17N3O/c1-9(10-6-14-7-10)12(16)15(2)11-4-3-5-13-8-11/h3-5,8-10,14H,6-7H2,1-2H3. The second kappa shape index (κ2) is 4.61. The summed E-state index contributed by atoms with van der Waals surface area (Å²) in [5.74, 6) is 0.720. The summed E-state index contributed by atoms with van der Waals surface area (Å²) >= 11 is 0. The third-order valence-corrected chi connectivity index (χ3v) is 3.27. The van der Waals surface area contributed by atoms with Gasteiger partial charge in [0.25, 0.3) is 0 Å². The average molecular weight is 219 g/mol. The van der Waals surface area contributed by atoms with Gasteiger partial charge in [-0.15, -0.1) is 0 Å². The molecule has 4 nitrogen and oxygen atoms in total. The number of rotatable bonds is 3. The van der Waals surface area contributed by atoms with Crippen LogP contribution in [0.1, 0.15) is 6.92 Å². The molecule has 0 saturated carbocycles. The van der Waals surface area contributed by atoms with Gasteiger partial charge < -0.3 is 10.2 Å². The zero-order valence-electron chi connectivity index (χ0n) is 9.68. The van der Waals surface area contributed by atoms with E-state index in [0.717, 1.165) is 18.8 Å². The van der Waals surface area contributed by atoms with Crippen LogP contribution in [0.4, 0.5) is 5.69 Å². The Balaban J connectivity index is 2.04. The lowest BCUT2D eigenvalue weighted by Gasteiger charge is -2.33. The molecule has 0 spiro atoms. The van der Waals surface area contributed by atoms with Crippen molar-refractivity contribution in [2.24, 2.45) is 11.8 Å².